The Kier molecular flexibility index (Phi) is 3.25. The fourth-order valence-electron chi connectivity index (χ4n) is 1.58. The molecule has 0 spiro atoms. The number of ketones is 1. The van der Waals surface area contributed by atoms with Crippen LogP contribution in [0.4, 0.5) is 0 Å². The van der Waals surface area contributed by atoms with Crippen molar-refractivity contribution in [1.29, 1.82) is 5.26 Å². The van der Waals surface area contributed by atoms with Crippen LogP contribution in [0.2, 0.25) is 0 Å². The molecular formula is C11H15N3O. The number of Topliss-reactive ketones (excluding diaryl/α,β-unsaturated/α-hetero) is 1. The van der Waals surface area contributed by atoms with Crippen LogP contribution in [0.3, 0.4) is 0 Å². The van der Waals surface area contributed by atoms with E-state index < -0.39 is 0 Å². The van der Waals surface area contributed by atoms with Crippen LogP contribution in [-0.2, 0) is 6.54 Å². The van der Waals surface area contributed by atoms with Crippen molar-refractivity contribution in [2.24, 2.45) is 5.92 Å². The van der Waals surface area contributed by atoms with Crippen molar-refractivity contribution < 1.29 is 4.79 Å². The van der Waals surface area contributed by atoms with E-state index in [9.17, 15) is 4.79 Å². The molecule has 0 aliphatic rings. The number of nitriles is 1. The molecule has 0 fully saturated rings. The van der Waals surface area contributed by atoms with Crippen molar-refractivity contribution in [1.82, 2.24) is 9.78 Å². The number of nitrogens with zero attached hydrogens (tertiary/aromatic N) is 3. The zero-order valence-corrected chi connectivity index (χ0v) is 9.53. The van der Waals surface area contributed by atoms with Crippen LogP contribution in [0.1, 0.15) is 42.5 Å². The molecule has 0 bridgehead atoms. The number of hydrogen-bond donors (Lipinski definition) is 0. The zero-order valence-electron chi connectivity index (χ0n) is 9.53. The van der Waals surface area contributed by atoms with E-state index in [-0.39, 0.29) is 5.78 Å². The van der Waals surface area contributed by atoms with Crippen LogP contribution in [-0.4, -0.2) is 15.6 Å². The van der Waals surface area contributed by atoms with Crippen molar-refractivity contribution in [3.63, 3.8) is 0 Å². The molecule has 0 aliphatic carbocycles. The predicted octanol–water partition coefficient (Wildman–Crippen LogP) is 1.92. The SMILES string of the molecule is CC(=O)c1c(C)c(C#N)nn1CC(C)C. The van der Waals surface area contributed by atoms with E-state index in [4.69, 9.17) is 5.26 Å². The summed E-state index contributed by atoms with van der Waals surface area (Å²) in [7, 11) is 0. The summed E-state index contributed by atoms with van der Waals surface area (Å²) in [6, 6.07) is 2.00. The minimum atomic E-state index is -0.0397. The Balaban J connectivity index is 3.26. The smallest absolute Gasteiger partial charge is 0.178 e. The van der Waals surface area contributed by atoms with E-state index in [0.29, 0.717) is 29.4 Å². The van der Waals surface area contributed by atoms with Gasteiger partial charge in [0.2, 0.25) is 0 Å². The van der Waals surface area contributed by atoms with Gasteiger partial charge in [-0.15, -0.1) is 0 Å². The van der Waals surface area contributed by atoms with Crippen molar-refractivity contribution in [2.75, 3.05) is 0 Å². The van der Waals surface area contributed by atoms with Crippen molar-refractivity contribution in [3.8, 4) is 6.07 Å². The molecule has 15 heavy (non-hydrogen) atoms. The second-order valence-electron chi connectivity index (χ2n) is 4.07. The summed E-state index contributed by atoms with van der Waals surface area (Å²) in [5.41, 5.74) is 1.59. The fraction of sp³-hybridized carbons (Fsp3) is 0.545. The second kappa shape index (κ2) is 4.26. The summed E-state index contributed by atoms with van der Waals surface area (Å²) in [4.78, 5) is 11.4. The molecule has 4 nitrogen and oxygen atoms in total. The van der Waals surface area contributed by atoms with E-state index >= 15 is 0 Å². The molecule has 0 unspecified atom stereocenters. The second-order valence-corrected chi connectivity index (χ2v) is 4.07. The molecule has 0 atom stereocenters. The molecule has 0 radical (unpaired) electrons. The van der Waals surface area contributed by atoms with Gasteiger partial charge in [-0.2, -0.15) is 10.4 Å². The van der Waals surface area contributed by atoms with Crippen molar-refractivity contribution in [2.45, 2.75) is 34.2 Å². The molecule has 0 amide bonds. The topological polar surface area (TPSA) is 58.7 Å². The van der Waals surface area contributed by atoms with Crippen LogP contribution in [0.5, 0.6) is 0 Å². The highest BCUT2D eigenvalue weighted by Gasteiger charge is 2.17. The minimum Gasteiger partial charge on any atom is -0.293 e. The lowest BCUT2D eigenvalue weighted by atomic mass is 10.1. The van der Waals surface area contributed by atoms with Crippen molar-refractivity contribution >= 4 is 5.78 Å². The largest absolute Gasteiger partial charge is 0.293 e. The van der Waals surface area contributed by atoms with Crippen LogP contribution in [0.15, 0.2) is 0 Å². The molecule has 1 aromatic rings. The van der Waals surface area contributed by atoms with E-state index in [1.807, 2.05) is 19.9 Å². The number of aromatic nitrogens is 2. The summed E-state index contributed by atoms with van der Waals surface area (Å²) in [5, 5.41) is 13.0. The van der Waals surface area contributed by atoms with Crippen molar-refractivity contribution in [3.05, 3.63) is 17.0 Å². The van der Waals surface area contributed by atoms with Gasteiger partial charge >= 0.3 is 0 Å². The first-order valence-corrected chi connectivity index (χ1v) is 4.95. The quantitative estimate of drug-likeness (QED) is 0.708. The fourth-order valence-corrected chi connectivity index (χ4v) is 1.58. The van der Waals surface area contributed by atoms with Gasteiger partial charge in [-0.1, -0.05) is 13.8 Å². The highest BCUT2D eigenvalue weighted by Crippen LogP contribution is 2.14. The Morgan fingerprint density at radius 2 is 2.20 bits per heavy atom. The Morgan fingerprint density at radius 1 is 1.60 bits per heavy atom. The standard InChI is InChI=1S/C11H15N3O/c1-7(2)6-14-11(9(4)15)8(3)10(5-12)13-14/h7H,6H2,1-4H3. The summed E-state index contributed by atoms with van der Waals surface area (Å²) >= 11 is 0. The van der Waals surface area contributed by atoms with E-state index in [2.05, 4.69) is 5.10 Å². The Morgan fingerprint density at radius 3 is 2.60 bits per heavy atom. The average molecular weight is 205 g/mol. The third kappa shape index (κ3) is 2.24. The van der Waals surface area contributed by atoms with Gasteiger partial charge in [0.05, 0.1) is 0 Å². The maximum absolute atomic E-state index is 11.4. The molecule has 0 aliphatic heterocycles. The molecule has 0 saturated carbocycles. The number of carbonyl (C=O) groups is 1. The van der Waals surface area contributed by atoms with Gasteiger partial charge in [0.25, 0.3) is 0 Å². The van der Waals surface area contributed by atoms with Crippen LogP contribution < -0.4 is 0 Å². The first-order chi connectivity index (χ1) is 6.97. The third-order valence-corrected chi connectivity index (χ3v) is 2.17. The third-order valence-electron chi connectivity index (χ3n) is 2.17. The summed E-state index contributed by atoms with van der Waals surface area (Å²) < 4.78 is 1.64. The monoisotopic (exact) mass is 205 g/mol. The van der Waals surface area contributed by atoms with Gasteiger partial charge in [-0.25, -0.2) is 0 Å². The molecule has 1 rings (SSSR count). The first-order valence-electron chi connectivity index (χ1n) is 4.95. The van der Waals surface area contributed by atoms with Gasteiger partial charge in [0.1, 0.15) is 11.8 Å². The Labute approximate surface area is 89.5 Å². The Bertz CT molecular complexity index is 424. The summed E-state index contributed by atoms with van der Waals surface area (Å²) in [6.07, 6.45) is 0. The van der Waals surface area contributed by atoms with Crippen LogP contribution in [0, 0.1) is 24.2 Å². The molecule has 80 valence electrons. The summed E-state index contributed by atoms with van der Waals surface area (Å²) in [5.74, 6) is 0.357. The predicted molar refractivity (Wildman–Crippen MR) is 56.5 cm³/mol. The molecule has 1 heterocycles. The molecule has 4 heteroatoms. The molecular weight excluding hydrogens is 190 g/mol. The maximum atomic E-state index is 11.4. The summed E-state index contributed by atoms with van der Waals surface area (Å²) in [6.45, 7) is 8.03. The van der Waals surface area contributed by atoms with Gasteiger partial charge in [-0.05, 0) is 12.8 Å². The van der Waals surface area contributed by atoms with E-state index in [1.54, 1.807) is 11.6 Å². The van der Waals surface area contributed by atoms with Gasteiger partial charge < -0.3 is 0 Å². The average Bonchev–Trinajstić information content (AvgIpc) is 2.41. The molecule has 0 N–H and O–H groups in total. The maximum Gasteiger partial charge on any atom is 0.178 e. The van der Waals surface area contributed by atoms with Crippen LogP contribution in [0.25, 0.3) is 0 Å². The normalized spacial score (nSPS) is 10.4. The van der Waals surface area contributed by atoms with E-state index in [1.165, 1.54) is 6.92 Å². The lowest BCUT2D eigenvalue weighted by Gasteiger charge is -2.07. The number of rotatable bonds is 3. The number of hydrogen-bond acceptors (Lipinski definition) is 3. The zero-order chi connectivity index (χ0) is 11.6. The van der Waals surface area contributed by atoms with E-state index in [0.717, 1.165) is 0 Å². The Hall–Kier alpha value is -1.63. The molecule has 0 aromatic carbocycles. The van der Waals surface area contributed by atoms with Crippen LogP contribution >= 0.6 is 0 Å². The molecule has 0 saturated heterocycles. The minimum absolute atomic E-state index is 0.0397. The lowest BCUT2D eigenvalue weighted by Crippen LogP contribution is -2.12. The van der Waals surface area contributed by atoms with Gasteiger partial charge in [0, 0.05) is 19.0 Å². The number of carbonyl (C=O) groups excluding carboxylic acids is 1. The van der Waals surface area contributed by atoms with Gasteiger partial charge in [-0.3, -0.25) is 9.48 Å². The lowest BCUT2D eigenvalue weighted by molar-refractivity contribution is 0.100. The van der Waals surface area contributed by atoms with Gasteiger partial charge in [0.15, 0.2) is 11.5 Å². The highest BCUT2D eigenvalue weighted by atomic mass is 16.1. The molecule has 1 aromatic heterocycles. The highest BCUT2D eigenvalue weighted by molar-refractivity contribution is 5.94. The first kappa shape index (κ1) is 11.4.